The van der Waals surface area contributed by atoms with Crippen molar-refractivity contribution in [2.45, 2.75) is 0 Å². The lowest BCUT2D eigenvalue weighted by Crippen LogP contribution is -2.12. The van der Waals surface area contributed by atoms with E-state index in [1.54, 1.807) is 18.2 Å². The summed E-state index contributed by atoms with van der Waals surface area (Å²) >= 11 is 7.44. The zero-order valence-corrected chi connectivity index (χ0v) is 16.7. The standard InChI is InChI=1S/C22H15ClN2O3S/c23-15-5-3-14(4-6-15)17-12-29-21(20(17)25-9-1-2-10-25)22(26)24-16-7-8-18-19(11-16)28-13-27-18/h1-12H,13H2,(H,24,26). The third kappa shape index (κ3) is 3.37. The molecule has 29 heavy (non-hydrogen) atoms. The Bertz CT molecular complexity index is 1180. The molecule has 0 saturated carbocycles. The molecule has 0 saturated heterocycles. The van der Waals surface area contributed by atoms with Crippen LogP contribution in [0.2, 0.25) is 5.02 Å². The predicted octanol–water partition coefficient (Wildman–Crippen LogP) is 5.84. The molecule has 0 unspecified atom stereocenters. The summed E-state index contributed by atoms with van der Waals surface area (Å²) in [6.07, 6.45) is 3.86. The van der Waals surface area contributed by atoms with E-state index >= 15 is 0 Å². The second-order valence-corrected chi connectivity index (χ2v) is 7.76. The smallest absolute Gasteiger partial charge is 0.267 e. The monoisotopic (exact) mass is 422 g/mol. The van der Waals surface area contributed by atoms with Crippen LogP contribution in [-0.4, -0.2) is 17.3 Å². The maximum absolute atomic E-state index is 13.1. The molecule has 1 aliphatic heterocycles. The molecule has 144 valence electrons. The number of rotatable bonds is 4. The van der Waals surface area contributed by atoms with Gasteiger partial charge in [-0.1, -0.05) is 23.7 Å². The Balaban J connectivity index is 1.52. The molecule has 0 radical (unpaired) electrons. The predicted molar refractivity (Wildman–Crippen MR) is 115 cm³/mol. The number of carbonyl (C=O) groups excluding carboxylic acids is 1. The van der Waals surface area contributed by atoms with Gasteiger partial charge in [0.2, 0.25) is 6.79 Å². The molecule has 4 aromatic rings. The van der Waals surface area contributed by atoms with Gasteiger partial charge in [0, 0.05) is 40.1 Å². The number of aromatic nitrogens is 1. The fourth-order valence-corrected chi connectivity index (χ4v) is 4.34. The first-order valence-electron chi connectivity index (χ1n) is 8.91. The van der Waals surface area contributed by atoms with Gasteiger partial charge in [0.15, 0.2) is 11.5 Å². The van der Waals surface area contributed by atoms with E-state index in [-0.39, 0.29) is 12.7 Å². The van der Waals surface area contributed by atoms with Crippen LogP contribution in [0.15, 0.2) is 72.4 Å². The molecule has 1 amide bonds. The molecule has 0 fully saturated rings. The van der Waals surface area contributed by atoms with E-state index in [1.807, 2.05) is 58.7 Å². The van der Waals surface area contributed by atoms with E-state index in [1.165, 1.54) is 11.3 Å². The summed E-state index contributed by atoms with van der Waals surface area (Å²) in [7, 11) is 0. The van der Waals surface area contributed by atoms with Gasteiger partial charge < -0.3 is 19.4 Å². The Morgan fingerprint density at radius 3 is 2.59 bits per heavy atom. The Kier molecular flexibility index (Phi) is 4.50. The van der Waals surface area contributed by atoms with Crippen molar-refractivity contribution in [3.63, 3.8) is 0 Å². The van der Waals surface area contributed by atoms with Crippen LogP contribution in [-0.2, 0) is 0 Å². The zero-order chi connectivity index (χ0) is 19.8. The number of amides is 1. The number of hydrogen-bond donors (Lipinski definition) is 1. The number of nitrogens with one attached hydrogen (secondary N) is 1. The third-order valence-electron chi connectivity index (χ3n) is 4.62. The first-order valence-corrected chi connectivity index (χ1v) is 10.2. The molecule has 3 heterocycles. The lowest BCUT2D eigenvalue weighted by atomic mass is 10.1. The summed E-state index contributed by atoms with van der Waals surface area (Å²) in [6, 6.07) is 16.8. The molecule has 0 atom stereocenters. The van der Waals surface area contributed by atoms with Gasteiger partial charge in [-0.05, 0) is 42.0 Å². The molecule has 0 bridgehead atoms. The van der Waals surface area contributed by atoms with E-state index in [4.69, 9.17) is 21.1 Å². The van der Waals surface area contributed by atoms with Crippen molar-refractivity contribution in [2.24, 2.45) is 0 Å². The molecule has 0 spiro atoms. The van der Waals surface area contributed by atoms with Crippen LogP contribution < -0.4 is 14.8 Å². The second kappa shape index (κ2) is 7.31. The highest BCUT2D eigenvalue weighted by Crippen LogP contribution is 2.37. The molecule has 0 aliphatic carbocycles. The van der Waals surface area contributed by atoms with Crippen LogP contribution in [0.1, 0.15) is 9.67 Å². The molecule has 2 aromatic carbocycles. The Morgan fingerprint density at radius 2 is 1.79 bits per heavy atom. The van der Waals surface area contributed by atoms with Crippen LogP contribution in [0.4, 0.5) is 5.69 Å². The number of benzene rings is 2. The minimum absolute atomic E-state index is 0.183. The van der Waals surface area contributed by atoms with Crippen molar-refractivity contribution in [1.29, 1.82) is 0 Å². The third-order valence-corrected chi connectivity index (χ3v) is 5.84. The number of nitrogens with zero attached hydrogens (tertiary/aromatic N) is 1. The number of hydrogen-bond acceptors (Lipinski definition) is 4. The summed E-state index contributed by atoms with van der Waals surface area (Å²) in [6.45, 7) is 0.194. The molecule has 1 N–H and O–H groups in total. The normalized spacial score (nSPS) is 12.2. The summed E-state index contributed by atoms with van der Waals surface area (Å²) in [4.78, 5) is 13.7. The lowest BCUT2D eigenvalue weighted by molar-refractivity contribution is 0.103. The molecule has 2 aromatic heterocycles. The highest BCUT2D eigenvalue weighted by Gasteiger charge is 2.21. The summed E-state index contributed by atoms with van der Waals surface area (Å²) in [5.74, 6) is 1.12. The average Bonchev–Trinajstić information content (AvgIpc) is 3.47. The van der Waals surface area contributed by atoms with Crippen molar-refractivity contribution >= 4 is 34.5 Å². The Morgan fingerprint density at radius 1 is 1.03 bits per heavy atom. The van der Waals surface area contributed by atoms with Crippen LogP contribution >= 0.6 is 22.9 Å². The van der Waals surface area contributed by atoms with Gasteiger partial charge in [0.25, 0.3) is 5.91 Å². The minimum Gasteiger partial charge on any atom is -0.454 e. The van der Waals surface area contributed by atoms with E-state index in [0.29, 0.717) is 27.1 Å². The van der Waals surface area contributed by atoms with Crippen molar-refractivity contribution in [3.05, 3.63) is 82.3 Å². The van der Waals surface area contributed by atoms with Crippen LogP contribution in [0.5, 0.6) is 11.5 Å². The van der Waals surface area contributed by atoms with E-state index < -0.39 is 0 Å². The fourth-order valence-electron chi connectivity index (χ4n) is 3.25. The van der Waals surface area contributed by atoms with Crippen molar-refractivity contribution in [2.75, 3.05) is 12.1 Å². The van der Waals surface area contributed by atoms with E-state index in [9.17, 15) is 4.79 Å². The minimum atomic E-state index is -0.183. The largest absolute Gasteiger partial charge is 0.454 e. The van der Waals surface area contributed by atoms with E-state index in [2.05, 4.69) is 5.32 Å². The Hall–Kier alpha value is -3.22. The van der Waals surface area contributed by atoms with Gasteiger partial charge in [-0.3, -0.25) is 4.79 Å². The highest BCUT2D eigenvalue weighted by molar-refractivity contribution is 7.13. The number of anilines is 1. The molecule has 1 aliphatic rings. The Labute approximate surface area is 176 Å². The molecular formula is C22H15ClN2O3S. The first kappa shape index (κ1) is 17.8. The van der Waals surface area contributed by atoms with Crippen LogP contribution in [0.3, 0.4) is 0 Å². The lowest BCUT2D eigenvalue weighted by Gasteiger charge is -2.10. The molecule has 5 nitrogen and oxygen atoms in total. The van der Waals surface area contributed by atoms with Crippen molar-refractivity contribution in [1.82, 2.24) is 4.57 Å². The van der Waals surface area contributed by atoms with Gasteiger partial charge in [-0.25, -0.2) is 0 Å². The summed E-state index contributed by atoms with van der Waals surface area (Å²) < 4.78 is 12.7. The van der Waals surface area contributed by atoms with Gasteiger partial charge in [0.05, 0.1) is 5.69 Å². The average molecular weight is 423 g/mol. The SMILES string of the molecule is O=C(Nc1ccc2c(c1)OCO2)c1scc(-c2ccc(Cl)cc2)c1-n1cccc1. The van der Waals surface area contributed by atoms with Crippen molar-refractivity contribution < 1.29 is 14.3 Å². The molecule has 7 heteroatoms. The fraction of sp³-hybridized carbons (Fsp3) is 0.0455. The maximum atomic E-state index is 13.1. The number of halogens is 1. The van der Waals surface area contributed by atoms with Crippen LogP contribution in [0, 0.1) is 0 Å². The topological polar surface area (TPSA) is 52.5 Å². The quantitative estimate of drug-likeness (QED) is 0.449. The molecular weight excluding hydrogens is 408 g/mol. The van der Waals surface area contributed by atoms with Crippen LogP contribution in [0.25, 0.3) is 16.8 Å². The number of ether oxygens (including phenoxy) is 2. The van der Waals surface area contributed by atoms with E-state index in [0.717, 1.165) is 16.8 Å². The van der Waals surface area contributed by atoms with Gasteiger partial charge in [0.1, 0.15) is 4.88 Å². The number of fused-ring (bicyclic) bond motifs is 1. The highest BCUT2D eigenvalue weighted by atomic mass is 35.5. The molecule has 5 rings (SSSR count). The van der Waals surface area contributed by atoms with Gasteiger partial charge >= 0.3 is 0 Å². The second-order valence-electron chi connectivity index (χ2n) is 6.45. The van der Waals surface area contributed by atoms with Crippen molar-refractivity contribution in [3.8, 4) is 28.3 Å². The number of thiophene rings is 1. The zero-order valence-electron chi connectivity index (χ0n) is 15.1. The number of carbonyl (C=O) groups is 1. The maximum Gasteiger partial charge on any atom is 0.267 e. The first-order chi connectivity index (χ1) is 14.2. The summed E-state index contributed by atoms with van der Waals surface area (Å²) in [5, 5.41) is 5.63. The van der Waals surface area contributed by atoms with Gasteiger partial charge in [-0.15, -0.1) is 11.3 Å². The van der Waals surface area contributed by atoms with Gasteiger partial charge in [-0.2, -0.15) is 0 Å². The summed E-state index contributed by atoms with van der Waals surface area (Å²) in [5.41, 5.74) is 3.45.